The molecule has 3 heteroatoms. The van der Waals surface area contributed by atoms with E-state index in [9.17, 15) is 4.79 Å². The molecule has 2 nitrogen and oxygen atoms in total. The van der Waals surface area contributed by atoms with Crippen LogP contribution >= 0.6 is 15.9 Å². The highest BCUT2D eigenvalue weighted by atomic mass is 79.9. The fraction of sp³-hybridized carbons (Fsp3) is 0.417. The van der Waals surface area contributed by atoms with Crippen molar-refractivity contribution in [3.05, 3.63) is 34.3 Å². The molecule has 0 spiro atoms. The summed E-state index contributed by atoms with van der Waals surface area (Å²) in [5, 5.41) is 0. The largest absolute Gasteiger partial charge is 0.369 e. The molecule has 0 saturated carbocycles. The van der Waals surface area contributed by atoms with E-state index in [-0.39, 0.29) is 5.78 Å². The average Bonchev–Trinajstić information content (AvgIpc) is 2.22. The van der Waals surface area contributed by atoms with E-state index < -0.39 is 6.10 Å². The number of rotatable bonds is 5. The fourth-order valence-electron chi connectivity index (χ4n) is 1.50. The summed E-state index contributed by atoms with van der Waals surface area (Å²) in [4.78, 5) is 11.8. The Morgan fingerprint density at radius 2 is 2.13 bits per heavy atom. The van der Waals surface area contributed by atoms with Crippen molar-refractivity contribution in [2.24, 2.45) is 0 Å². The molecule has 0 aliphatic rings. The van der Waals surface area contributed by atoms with Crippen molar-refractivity contribution >= 4 is 21.7 Å². The first-order chi connectivity index (χ1) is 7.20. The van der Waals surface area contributed by atoms with Gasteiger partial charge >= 0.3 is 0 Å². The van der Waals surface area contributed by atoms with E-state index in [2.05, 4.69) is 15.9 Å². The van der Waals surface area contributed by atoms with E-state index in [0.717, 1.165) is 16.5 Å². The molecule has 0 aliphatic heterocycles. The molecular formula is C12H15BrO2. The van der Waals surface area contributed by atoms with E-state index in [0.29, 0.717) is 6.42 Å². The molecule has 0 saturated heterocycles. The normalized spacial score (nSPS) is 12.5. The molecule has 0 fully saturated rings. The lowest BCUT2D eigenvalue weighted by Crippen LogP contribution is -2.14. The van der Waals surface area contributed by atoms with Crippen LogP contribution in [0.1, 0.15) is 31.4 Å². The Bertz CT molecular complexity index is 336. The minimum absolute atomic E-state index is 0.131. The second-order valence-corrected chi connectivity index (χ2v) is 4.21. The van der Waals surface area contributed by atoms with Crippen molar-refractivity contribution in [3.8, 4) is 0 Å². The van der Waals surface area contributed by atoms with Crippen molar-refractivity contribution in [1.29, 1.82) is 0 Å². The summed E-state index contributed by atoms with van der Waals surface area (Å²) in [6.45, 7) is 1.99. The van der Waals surface area contributed by atoms with E-state index >= 15 is 0 Å². The molecule has 82 valence electrons. The van der Waals surface area contributed by atoms with Crippen molar-refractivity contribution in [3.63, 3.8) is 0 Å². The van der Waals surface area contributed by atoms with Gasteiger partial charge in [0.1, 0.15) is 6.10 Å². The van der Waals surface area contributed by atoms with Gasteiger partial charge in [0, 0.05) is 23.6 Å². The molecule has 1 aromatic rings. The maximum atomic E-state index is 11.8. The number of ketones is 1. The van der Waals surface area contributed by atoms with Gasteiger partial charge in [-0.25, -0.2) is 0 Å². The molecule has 1 rings (SSSR count). The maximum Gasteiger partial charge on any atom is 0.166 e. The van der Waals surface area contributed by atoms with Crippen molar-refractivity contribution in [2.75, 3.05) is 7.11 Å². The van der Waals surface area contributed by atoms with Crippen LogP contribution in [0.25, 0.3) is 0 Å². The molecule has 0 bridgehead atoms. The quantitative estimate of drug-likeness (QED) is 0.819. The van der Waals surface area contributed by atoms with Crippen LogP contribution in [0, 0.1) is 0 Å². The molecule has 0 heterocycles. The number of hydrogen-bond donors (Lipinski definition) is 0. The fourth-order valence-corrected chi connectivity index (χ4v) is 1.99. The van der Waals surface area contributed by atoms with Crippen molar-refractivity contribution < 1.29 is 9.53 Å². The zero-order valence-corrected chi connectivity index (χ0v) is 10.6. The first-order valence-electron chi connectivity index (χ1n) is 5.00. The molecule has 0 aliphatic carbocycles. The third-order valence-electron chi connectivity index (χ3n) is 2.21. The van der Waals surface area contributed by atoms with Crippen LogP contribution in [-0.2, 0) is 9.53 Å². The number of halogens is 1. The van der Waals surface area contributed by atoms with Crippen LogP contribution in [0.5, 0.6) is 0 Å². The van der Waals surface area contributed by atoms with E-state index in [1.54, 1.807) is 7.11 Å². The summed E-state index contributed by atoms with van der Waals surface area (Å²) >= 11 is 3.42. The zero-order valence-electron chi connectivity index (χ0n) is 9.00. The molecule has 0 aromatic heterocycles. The molecule has 1 atom stereocenters. The number of ether oxygens (including phenoxy) is 1. The van der Waals surface area contributed by atoms with Gasteiger partial charge in [-0.3, -0.25) is 4.79 Å². The summed E-state index contributed by atoms with van der Waals surface area (Å²) in [7, 11) is 1.57. The van der Waals surface area contributed by atoms with Gasteiger partial charge in [-0.15, -0.1) is 0 Å². The first kappa shape index (κ1) is 12.4. The predicted molar refractivity (Wildman–Crippen MR) is 63.8 cm³/mol. The number of methoxy groups -OCH3 is 1. The van der Waals surface area contributed by atoms with Crippen LogP contribution in [0.3, 0.4) is 0 Å². The van der Waals surface area contributed by atoms with Gasteiger partial charge in [-0.05, 0) is 12.5 Å². The lowest BCUT2D eigenvalue weighted by molar-refractivity contribution is -0.129. The van der Waals surface area contributed by atoms with Crippen molar-refractivity contribution in [1.82, 2.24) is 0 Å². The molecular weight excluding hydrogens is 256 g/mol. The van der Waals surface area contributed by atoms with Crippen LogP contribution in [-0.4, -0.2) is 12.9 Å². The van der Waals surface area contributed by atoms with Crippen LogP contribution < -0.4 is 0 Å². The Kier molecular flexibility index (Phi) is 4.99. The zero-order chi connectivity index (χ0) is 11.3. The molecule has 0 N–H and O–H groups in total. The van der Waals surface area contributed by atoms with Gasteiger partial charge in [-0.2, -0.15) is 0 Å². The van der Waals surface area contributed by atoms with Gasteiger partial charge in [-0.1, -0.05) is 41.1 Å². The highest BCUT2D eigenvalue weighted by Gasteiger charge is 2.20. The Labute approximate surface area is 98.8 Å². The maximum absolute atomic E-state index is 11.8. The SMILES string of the molecule is CCCC(=O)C(OC)c1ccccc1Br. The molecule has 0 radical (unpaired) electrons. The molecule has 15 heavy (non-hydrogen) atoms. The summed E-state index contributed by atoms with van der Waals surface area (Å²) in [6, 6.07) is 7.66. The highest BCUT2D eigenvalue weighted by Crippen LogP contribution is 2.27. The minimum atomic E-state index is -0.444. The Balaban J connectivity index is 2.92. The predicted octanol–water partition coefficient (Wildman–Crippen LogP) is 3.51. The van der Waals surface area contributed by atoms with Gasteiger partial charge in [0.05, 0.1) is 0 Å². The van der Waals surface area contributed by atoms with Gasteiger partial charge in [0.25, 0.3) is 0 Å². The average molecular weight is 271 g/mol. The van der Waals surface area contributed by atoms with Crippen molar-refractivity contribution in [2.45, 2.75) is 25.9 Å². The Morgan fingerprint density at radius 3 is 2.67 bits per heavy atom. The molecule has 0 amide bonds. The number of Topliss-reactive ketones (excluding diaryl/α,β-unsaturated/α-hetero) is 1. The summed E-state index contributed by atoms with van der Waals surface area (Å²) in [6.07, 6.45) is 0.962. The number of hydrogen-bond acceptors (Lipinski definition) is 2. The topological polar surface area (TPSA) is 26.3 Å². The molecule has 1 aromatic carbocycles. The number of benzene rings is 1. The Morgan fingerprint density at radius 1 is 1.47 bits per heavy atom. The van der Waals surface area contributed by atoms with Crippen LogP contribution in [0.2, 0.25) is 0 Å². The summed E-state index contributed by atoms with van der Waals surface area (Å²) in [5.74, 6) is 0.131. The highest BCUT2D eigenvalue weighted by molar-refractivity contribution is 9.10. The Hall–Kier alpha value is -0.670. The van der Waals surface area contributed by atoms with Gasteiger partial charge in [0.2, 0.25) is 0 Å². The van der Waals surface area contributed by atoms with Crippen LogP contribution in [0.15, 0.2) is 28.7 Å². The van der Waals surface area contributed by atoms with Gasteiger partial charge in [0.15, 0.2) is 5.78 Å². The third kappa shape index (κ3) is 3.14. The first-order valence-corrected chi connectivity index (χ1v) is 5.80. The minimum Gasteiger partial charge on any atom is -0.369 e. The lowest BCUT2D eigenvalue weighted by atomic mass is 10.0. The van der Waals surface area contributed by atoms with Gasteiger partial charge < -0.3 is 4.74 Å². The van der Waals surface area contributed by atoms with E-state index in [1.165, 1.54) is 0 Å². The van der Waals surface area contributed by atoms with Crippen LogP contribution in [0.4, 0.5) is 0 Å². The standard InChI is InChI=1S/C12H15BrO2/c1-3-6-11(14)12(15-2)9-7-4-5-8-10(9)13/h4-5,7-8,12H,3,6H2,1-2H3. The monoisotopic (exact) mass is 270 g/mol. The summed E-state index contributed by atoms with van der Waals surface area (Å²) < 4.78 is 6.17. The van der Waals surface area contributed by atoms with E-state index in [4.69, 9.17) is 4.74 Å². The number of carbonyl (C=O) groups excluding carboxylic acids is 1. The van der Waals surface area contributed by atoms with E-state index in [1.807, 2.05) is 31.2 Å². The second-order valence-electron chi connectivity index (χ2n) is 3.35. The summed E-state index contributed by atoms with van der Waals surface area (Å²) in [5.41, 5.74) is 0.901. The smallest absolute Gasteiger partial charge is 0.166 e. The molecule has 1 unspecified atom stereocenters. The lowest BCUT2D eigenvalue weighted by Gasteiger charge is -2.15. The number of carbonyl (C=O) groups is 1. The second kappa shape index (κ2) is 6.03. The third-order valence-corrected chi connectivity index (χ3v) is 2.93.